The molecule has 0 amide bonds. The van der Waals surface area contributed by atoms with Gasteiger partial charge in [-0.15, -0.1) is 0 Å². The second kappa shape index (κ2) is 5.30. The molecule has 0 aromatic carbocycles. The molecule has 0 radical (unpaired) electrons. The van der Waals surface area contributed by atoms with Gasteiger partial charge >= 0.3 is 15.7 Å². The Hall–Kier alpha value is 0.372. The molecule has 2 aliphatic heterocycles. The van der Waals surface area contributed by atoms with E-state index in [1.54, 1.807) is 0 Å². The molecule has 2 fully saturated rings. The first-order valence-corrected chi connectivity index (χ1v) is 6.32. The minimum absolute atomic E-state index is 0.174. The van der Waals surface area contributed by atoms with Gasteiger partial charge in [-0.3, -0.25) is 0 Å². The summed E-state index contributed by atoms with van der Waals surface area (Å²) in [6, 6.07) is 0. The van der Waals surface area contributed by atoms with Crippen molar-refractivity contribution in [2.45, 2.75) is 0 Å². The minimum Gasteiger partial charge on any atom is -0.379 e. The largest absolute Gasteiger partial charge is 0.463 e. The number of hydrogen-bond donors (Lipinski definition) is 0. The van der Waals surface area contributed by atoms with E-state index in [0.29, 0.717) is 0 Å². The van der Waals surface area contributed by atoms with Crippen LogP contribution in [0.5, 0.6) is 0 Å². The summed E-state index contributed by atoms with van der Waals surface area (Å²) in [5.74, 6) is 0. The number of ether oxygens (including phenoxy) is 2. The molecule has 0 aliphatic carbocycles. The van der Waals surface area contributed by atoms with E-state index in [-0.39, 0.29) is 15.7 Å². The number of morpholine rings is 2. The third-order valence-electron chi connectivity index (χ3n) is 2.61. The average Bonchev–Trinajstić information content (AvgIpc) is 2.21. The molecule has 0 N–H and O–H groups in total. The van der Waals surface area contributed by atoms with Gasteiger partial charge in [0.1, 0.15) is 0 Å². The molecule has 0 aromatic rings. The molecule has 2 rings (SSSR count). The van der Waals surface area contributed by atoms with Crippen molar-refractivity contribution in [1.82, 2.24) is 7.77 Å². The highest BCUT2D eigenvalue weighted by atomic mass is 27.1. The van der Waals surface area contributed by atoms with E-state index in [0.717, 1.165) is 52.6 Å². The van der Waals surface area contributed by atoms with E-state index in [1.807, 2.05) is 0 Å². The van der Waals surface area contributed by atoms with Gasteiger partial charge < -0.3 is 17.2 Å². The van der Waals surface area contributed by atoms with Crippen LogP contribution in [0, 0.1) is 0 Å². The van der Waals surface area contributed by atoms with Crippen LogP contribution in [-0.2, 0) is 9.47 Å². The number of rotatable bonds is 2. The molecule has 2 heterocycles. The Balaban J connectivity index is 1.69. The van der Waals surface area contributed by atoms with Gasteiger partial charge in [0, 0.05) is 26.2 Å². The first-order valence-electron chi connectivity index (χ1n) is 5.05. The van der Waals surface area contributed by atoms with Crippen molar-refractivity contribution in [2.75, 3.05) is 52.6 Å². The van der Waals surface area contributed by atoms with Gasteiger partial charge in [0.05, 0.1) is 26.4 Å². The van der Waals surface area contributed by atoms with E-state index in [9.17, 15) is 0 Å². The Kier molecular flexibility index (Phi) is 4.04. The molecule has 4 nitrogen and oxygen atoms in total. The molecule has 2 aliphatic rings. The summed E-state index contributed by atoms with van der Waals surface area (Å²) >= 11 is -0.174. The molecule has 5 heteroatoms. The van der Waals surface area contributed by atoms with Crippen LogP contribution in [-0.4, -0.2) is 76.0 Å². The molecule has 0 atom stereocenters. The summed E-state index contributed by atoms with van der Waals surface area (Å²) in [6.07, 6.45) is 0. The Morgan fingerprint density at radius 1 is 0.692 bits per heavy atom. The minimum atomic E-state index is -0.174. The van der Waals surface area contributed by atoms with Crippen molar-refractivity contribution in [3.63, 3.8) is 0 Å². The SMILES string of the molecule is C1C[N]([AlH][N]2CCOCC2)CCO1. The zero-order valence-electron chi connectivity index (χ0n) is 8.07. The van der Waals surface area contributed by atoms with E-state index in [4.69, 9.17) is 9.47 Å². The zero-order valence-corrected chi connectivity index (χ0v) is 9.49. The van der Waals surface area contributed by atoms with Gasteiger partial charge in [-0.1, -0.05) is 0 Å². The van der Waals surface area contributed by atoms with E-state index >= 15 is 0 Å². The van der Waals surface area contributed by atoms with E-state index < -0.39 is 0 Å². The third kappa shape index (κ3) is 3.21. The van der Waals surface area contributed by atoms with Crippen molar-refractivity contribution in [3.8, 4) is 0 Å². The van der Waals surface area contributed by atoms with Gasteiger partial charge in [-0.05, 0) is 0 Å². The van der Waals surface area contributed by atoms with Crippen molar-refractivity contribution in [2.24, 2.45) is 0 Å². The second-order valence-electron chi connectivity index (χ2n) is 3.60. The summed E-state index contributed by atoms with van der Waals surface area (Å²) in [5.41, 5.74) is 0. The maximum atomic E-state index is 5.33. The highest BCUT2D eigenvalue weighted by molar-refractivity contribution is 6.28. The molecule has 0 spiro atoms. The van der Waals surface area contributed by atoms with Crippen LogP contribution >= 0.6 is 0 Å². The Labute approximate surface area is 85.9 Å². The van der Waals surface area contributed by atoms with Gasteiger partial charge in [0.2, 0.25) is 0 Å². The van der Waals surface area contributed by atoms with Gasteiger partial charge in [0.15, 0.2) is 0 Å². The van der Waals surface area contributed by atoms with Gasteiger partial charge in [-0.25, -0.2) is 0 Å². The van der Waals surface area contributed by atoms with Crippen molar-refractivity contribution >= 4 is 15.7 Å². The topological polar surface area (TPSA) is 24.9 Å². The van der Waals surface area contributed by atoms with Crippen LogP contribution in [0.4, 0.5) is 0 Å². The van der Waals surface area contributed by atoms with Crippen molar-refractivity contribution < 1.29 is 9.47 Å². The van der Waals surface area contributed by atoms with Crippen LogP contribution < -0.4 is 0 Å². The average molecular weight is 200 g/mol. The van der Waals surface area contributed by atoms with Crippen LogP contribution in [0.25, 0.3) is 0 Å². The lowest BCUT2D eigenvalue weighted by molar-refractivity contribution is 0.0531. The summed E-state index contributed by atoms with van der Waals surface area (Å²) in [4.78, 5) is 0. The quantitative estimate of drug-likeness (QED) is 0.529. The Bertz CT molecular complexity index is 131. The smallest absolute Gasteiger partial charge is 0.379 e. The lowest BCUT2D eigenvalue weighted by Gasteiger charge is -2.33. The fourth-order valence-electron chi connectivity index (χ4n) is 1.77. The first-order chi connectivity index (χ1) is 6.45. The molecule has 0 aromatic heterocycles. The second-order valence-corrected chi connectivity index (χ2v) is 5.67. The fourth-order valence-corrected chi connectivity index (χ4v) is 3.42. The van der Waals surface area contributed by atoms with Crippen LogP contribution in [0.3, 0.4) is 0 Å². The van der Waals surface area contributed by atoms with Crippen molar-refractivity contribution in [1.29, 1.82) is 0 Å². The molecule has 74 valence electrons. The van der Waals surface area contributed by atoms with Crippen LogP contribution in [0.1, 0.15) is 0 Å². The molecular weight excluding hydrogens is 183 g/mol. The van der Waals surface area contributed by atoms with Crippen LogP contribution in [0.2, 0.25) is 0 Å². The Morgan fingerprint density at radius 2 is 1.08 bits per heavy atom. The molecule has 0 bridgehead atoms. The van der Waals surface area contributed by atoms with Crippen LogP contribution in [0.15, 0.2) is 0 Å². The molecule has 0 saturated carbocycles. The maximum Gasteiger partial charge on any atom is 0.463 e. The highest BCUT2D eigenvalue weighted by Gasteiger charge is 2.19. The zero-order chi connectivity index (χ0) is 8.93. The summed E-state index contributed by atoms with van der Waals surface area (Å²) in [5, 5.41) is 0. The van der Waals surface area contributed by atoms with E-state index in [2.05, 4.69) is 7.77 Å². The lowest BCUT2D eigenvalue weighted by Crippen LogP contribution is -2.50. The molecular formula is C8H17AlN2O2. The normalized spacial score (nSPS) is 27.4. The van der Waals surface area contributed by atoms with Crippen molar-refractivity contribution in [3.05, 3.63) is 0 Å². The molecule has 13 heavy (non-hydrogen) atoms. The molecule has 0 unspecified atom stereocenters. The maximum absolute atomic E-state index is 5.33. The first kappa shape index (κ1) is 9.91. The number of nitrogens with zero attached hydrogens (tertiary/aromatic N) is 2. The molecule has 2 saturated heterocycles. The number of hydrogen-bond acceptors (Lipinski definition) is 4. The predicted molar refractivity (Wildman–Crippen MR) is 51.9 cm³/mol. The standard InChI is InChI=1S/2C4H8NO.Al.H/c2*1-3-6-4-2-5-1;;/h2*1-4H2;;/q2*-1;+2;. The lowest BCUT2D eigenvalue weighted by atomic mass is 10.5. The third-order valence-corrected chi connectivity index (χ3v) is 4.67. The highest BCUT2D eigenvalue weighted by Crippen LogP contribution is 2.00. The monoisotopic (exact) mass is 200 g/mol. The van der Waals surface area contributed by atoms with Gasteiger partial charge in [0.25, 0.3) is 0 Å². The van der Waals surface area contributed by atoms with Gasteiger partial charge in [-0.2, -0.15) is 0 Å². The van der Waals surface area contributed by atoms with E-state index in [1.165, 1.54) is 0 Å². The Morgan fingerprint density at radius 3 is 1.46 bits per heavy atom. The summed E-state index contributed by atoms with van der Waals surface area (Å²) in [6.45, 7) is 8.28. The summed E-state index contributed by atoms with van der Waals surface area (Å²) in [7, 11) is 0. The summed E-state index contributed by atoms with van der Waals surface area (Å²) < 4.78 is 15.8. The fraction of sp³-hybridized carbons (Fsp3) is 1.00. The predicted octanol–water partition coefficient (Wildman–Crippen LogP) is -1.08.